The van der Waals surface area contributed by atoms with Crippen LogP contribution in [0.4, 0.5) is 0 Å². The number of carbonyl (C=O) groups excluding carboxylic acids is 1. The lowest BCUT2D eigenvalue weighted by atomic mass is 9.55. The third kappa shape index (κ3) is 1.68. The number of hydrogen-bond acceptors (Lipinski definition) is 2. The van der Waals surface area contributed by atoms with Gasteiger partial charge in [0, 0.05) is 17.4 Å². The van der Waals surface area contributed by atoms with Crippen molar-refractivity contribution in [1.82, 2.24) is 0 Å². The van der Waals surface area contributed by atoms with E-state index in [1.807, 2.05) is 12.1 Å². The fraction of sp³-hybridized carbons (Fsp3) is 0.632. The van der Waals surface area contributed by atoms with Gasteiger partial charge in [-0.25, -0.2) is 0 Å². The van der Waals surface area contributed by atoms with Gasteiger partial charge in [0.05, 0.1) is 0 Å². The summed E-state index contributed by atoms with van der Waals surface area (Å²) in [6.45, 7) is 4.36. The highest BCUT2D eigenvalue weighted by molar-refractivity contribution is 5.87. The van der Waals surface area contributed by atoms with E-state index in [2.05, 4.69) is 13.8 Å². The van der Waals surface area contributed by atoms with Crippen molar-refractivity contribution >= 4 is 5.78 Å². The molecule has 0 bridgehead atoms. The number of Topliss-reactive ketones (excluding diaryl/α,β-unsaturated/α-hetero) is 1. The van der Waals surface area contributed by atoms with Crippen LogP contribution in [0.15, 0.2) is 12.1 Å². The zero-order valence-electron chi connectivity index (χ0n) is 13.0. The number of benzene rings is 1. The highest BCUT2D eigenvalue weighted by Crippen LogP contribution is 2.60. The molecule has 3 aliphatic rings. The van der Waals surface area contributed by atoms with Gasteiger partial charge in [-0.15, -0.1) is 0 Å². The average molecular weight is 284 g/mol. The second-order valence-corrected chi connectivity index (χ2v) is 7.63. The van der Waals surface area contributed by atoms with Crippen LogP contribution in [-0.2, 0) is 11.2 Å². The van der Waals surface area contributed by atoms with Gasteiger partial charge >= 0.3 is 0 Å². The molecule has 2 saturated carbocycles. The first-order chi connectivity index (χ1) is 10.0. The SMILES string of the molecule is Cc1ccc(O)c2c1CC[C@H]1[C@@H]2CC[C@@]2(C)C(=O)CC[C@@H]12. The summed E-state index contributed by atoms with van der Waals surface area (Å²) in [5.74, 6) is 2.58. The molecule has 2 heteroatoms. The second-order valence-electron chi connectivity index (χ2n) is 7.63. The van der Waals surface area contributed by atoms with Crippen molar-refractivity contribution in [1.29, 1.82) is 0 Å². The van der Waals surface area contributed by atoms with Crippen LogP contribution >= 0.6 is 0 Å². The molecule has 0 aromatic heterocycles. The number of carbonyl (C=O) groups is 1. The molecule has 0 unspecified atom stereocenters. The van der Waals surface area contributed by atoms with Crippen molar-refractivity contribution in [2.24, 2.45) is 17.3 Å². The molecular weight excluding hydrogens is 260 g/mol. The van der Waals surface area contributed by atoms with Crippen molar-refractivity contribution in [2.75, 3.05) is 0 Å². The maximum absolute atomic E-state index is 12.3. The molecule has 0 radical (unpaired) electrons. The third-order valence-corrected chi connectivity index (χ3v) is 6.81. The Kier molecular flexibility index (Phi) is 2.76. The number of phenols is 1. The minimum absolute atomic E-state index is 0.0713. The Morgan fingerprint density at radius 2 is 2.00 bits per heavy atom. The van der Waals surface area contributed by atoms with Gasteiger partial charge in [0.1, 0.15) is 11.5 Å². The number of aryl methyl sites for hydroxylation is 1. The number of rotatable bonds is 0. The maximum Gasteiger partial charge on any atom is 0.139 e. The van der Waals surface area contributed by atoms with Crippen LogP contribution in [0, 0.1) is 24.2 Å². The molecule has 1 N–H and O–H groups in total. The second kappa shape index (κ2) is 4.34. The molecule has 0 saturated heterocycles. The van der Waals surface area contributed by atoms with Gasteiger partial charge in [-0.05, 0) is 74.0 Å². The summed E-state index contributed by atoms with van der Waals surface area (Å²) < 4.78 is 0. The first-order valence-electron chi connectivity index (χ1n) is 8.37. The molecule has 2 fully saturated rings. The fourth-order valence-corrected chi connectivity index (χ4v) is 5.64. The standard InChI is InChI=1S/C19H24O2/c1-11-3-7-16(20)18-12(11)4-5-13-14(18)9-10-19(2)15(13)6-8-17(19)21/h3,7,13-15,20H,4-6,8-10H2,1-2H3/t13-,14-,15-,19+/m0/s1. The quantitative estimate of drug-likeness (QED) is 0.778. The molecule has 112 valence electrons. The normalized spacial score (nSPS) is 37.8. The minimum atomic E-state index is -0.0713. The van der Waals surface area contributed by atoms with Crippen LogP contribution in [0.5, 0.6) is 5.75 Å². The van der Waals surface area contributed by atoms with E-state index < -0.39 is 0 Å². The van der Waals surface area contributed by atoms with Crippen molar-refractivity contribution in [3.05, 3.63) is 28.8 Å². The van der Waals surface area contributed by atoms with Crippen molar-refractivity contribution in [3.63, 3.8) is 0 Å². The lowest BCUT2D eigenvalue weighted by Crippen LogP contribution is -2.42. The summed E-state index contributed by atoms with van der Waals surface area (Å²) in [6, 6.07) is 3.91. The van der Waals surface area contributed by atoms with E-state index in [1.165, 1.54) is 23.1 Å². The van der Waals surface area contributed by atoms with E-state index in [-0.39, 0.29) is 5.41 Å². The average Bonchev–Trinajstić information content (AvgIpc) is 2.78. The number of phenolic OH excluding ortho intramolecular Hbond substituents is 1. The van der Waals surface area contributed by atoms with E-state index in [4.69, 9.17) is 0 Å². The van der Waals surface area contributed by atoms with E-state index in [1.54, 1.807) is 0 Å². The zero-order chi connectivity index (χ0) is 14.8. The first kappa shape index (κ1) is 13.4. The van der Waals surface area contributed by atoms with Gasteiger partial charge in [0.25, 0.3) is 0 Å². The molecule has 0 heterocycles. The van der Waals surface area contributed by atoms with Gasteiger partial charge in [-0.1, -0.05) is 13.0 Å². The molecule has 21 heavy (non-hydrogen) atoms. The van der Waals surface area contributed by atoms with Crippen molar-refractivity contribution in [3.8, 4) is 5.75 Å². The number of fused-ring (bicyclic) bond motifs is 5. The molecule has 3 aliphatic carbocycles. The van der Waals surface area contributed by atoms with Crippen LogP contribution in [0.3, 0.4) is 0 Å². The van der Waals surface area contributed by atoms with Crippen LogP contribution in [0.25, 0.3) is 0 Å². The Morgan fingerprint density at radius 3 is 2.81 bits per heavy atom. The predicted molar refractivity (Wildman–Crippen MR) is 82.5 cm³/mol. The summed E-state index contributed by atoms with van der Waals surface area (Å²) in [5, 5.41) is 10.4. The Balaban J connectivity index is 1.79. The van der Waals surface area contributed by atoms with E-state index in [9.17, 15) is 9.90 Å². The maximum atomic E-state index is 12.3. The summed E-state index contributed by atoms with van der Waals surface area (Å²) >= 11 is 0. The van der Waals surface area contributed by atoms with Gasteiger partial charge in [-0.2, -0.15) is 0 Å². The summed E-state index contributed by atoms with van der Waals surface area (Å²) in [6.07, 6.45) is 6.17. The summed E-state index contributed by atoms with van der Waals surface area (Å²) in [4.78, 5) is 12.3. The molecule has 4 rings (SSSR count). The Labute approximate surface area is 126 Å². The number of hydrogen-bond donors (Lipinski definition) is 1. The Morgan fingerprint density at radius 1 is 1.19 bits per heavy atom. The van der Waals surface area contributed by atoms with E-state index in [0.717, 1.165) is 32.1 Å². The molecule has 1 aromatic carbocycles. The molecule has 0 aliphatic heterocycles. The third-order valence-electron chi connectivity index (χ3n) is 6.81. The summed E-state index contributed by atoms with van der Waals surface area (Å²) in [7, 11) is 0. The fourth-order valence-electron chi connectivity index (χ4n) is 5.64. The highest BCUT2D eigenvalue weighted by atomic mass is 16.3. The van der Waals surface area contributed by atoms with Crippen molar-refractivity contribution < 1.29 is 9.90 Å². The van der Waals surface area contributed by atoms with Gasteiger partial charge in [-0.3, -0.25) is 4.79 Å². The minimum Gasteiger partial charge on any atom is -0.508 e. The first-order valence-corrected chi connectivity index (χ1v) is 8.37. The topological polar surface area (TPSA) is 37.3 Å². The summed E-state index contributed by atoms with van der Waals surface area (Å²) in [5.41, 5.74) is 3.84. The van der Waals surface area contributed by atoms with Crippen molar-refractivity contribution in [2.45, 2.75) is 58.3 Å². The molecule has 4 atom stereocenters. The zero-order valence-corrected chi connectivity index (χ0v) is 13.0. The van der Waals surface area contributed by atoms with E-state index >= 15 is 0 Å². The monoisotopic (exact) mass is 284 g/mol. The molecule has 1 aromatic rings. The smallest absolute Gasteiger partial charge is 0.139 e. The van der Waals surface area contributed by atoms with E-state index in [0.29, 0.717) is 29.3 Å². The van der Waals surface area contributed by atoms with Gasteiger partial charge in [0.15, 0.2) is 0 Å². The van der Waals surface area contributed by atoms with Crippen LogP contribution in [0.2, 0.25) is 0 Å². The molecule has 0 amide bonds. The van der Waals surface area contributed by atoms with Crippen LogP contribution < -0.4 is 0 Å². The van der Waals surface area contributed by atoms with Crippen LogP contribution in [-0.4, -0.2) is 10.9 Å². The molecule has 2 nitrogen and oxygen atoms in total. The molecular formula is C19H24O2. The number of ketones is 1. The van der Waals surface area contributed by atoms with Gasteiger partial charge in [0.2, 0.25) is 0 Å². The molecule has 0 spiro atoms. The Bertz CT molecular complexity index is 618. The lowest BCUT2D eigenvalue weighted by Gasteiger charge is -2.48. The number of aromatic hydroxyl groups is 1. The lowest BCUT2D eigenvalue weighted by molar-refractivity contribution is -0.129. The van der Waals surface area contributed by atoms with Crippen LogP contribution in [0.1, 0.15) is 61.6 Å². The largest absolute Gasteiger partial charge is 0.508 e. The predicted octanol–water partition coefficient (Wildman–Crippen LogP) is 4.13. The highest BCUT2D eigenvalue weighted by Gasteiger charge is 2.54. The Hall–Kier alpha value is -1.31. The van der Waals surface area contributed by atoms with Gasteiger partial charge < -0.3 is 5.11 Å².